The molecule has 1 N–H and O–H groups in total. The van der Waals surface area contributed by atoms with E-state index < -0.39 is 0 Å². The van der Waals surface area contributed by atoms with Gasteiger partial charge in [-0.3, -0.25) is 9.59 Å². The fourth-order valence-corrected chi connectivity index (χ4v) is 6.01. The van der Waals surface area contributed by atoms with E-state index in [1.54, 1.807) is 7.11 Å². The van der Waals surface area contributed by atoms with Gasteiger partial charge in [0.1, 0.15) is 5.75 Å². The average Bonchev–Trinajstić information content (AvgIpc) is 3.23. The number of likely N-dealkylation sites (tertiary alicyclic amines) is 2. The summed E-state index contributed by atoms with van der Waals surface area (Å²) in [6.07, 6.45) is 3.19. The van der Waals surface area contributed by atoms with E-state index in [0.717, 1.165) is 69.8 Å². The third kappa shape index (κ3) is 3.70. The van der Waals surface area contributed by atoms with Crippen LogP contribution in [0.25, 0.3) is 0 Å². The first kappa shape index (κ1) is 21.2. The molecule has 0 radical (unpaired) electrons. The van der Waals surface area contributed by atoms with Gasteiger partial charge in [-0.1, -0.05) is 26.0 Å². The lowest BCUT2D eigenvalue weighted by Gasteiger charge is -2.46. The van der Waals surface area contributed by atoms with Crippen LogP contribution in [0.5, 0.6) is 5.75 Å². The van der Waals surface area contributed by atoms with Crippen LogP contribution in [-0.2, 0) is 16.0 Å². The first-order valence-electron chi connectivity index (χ1n) is 11.3. The van der Waals surface area contributed by atoms with Gasteiger partial charge >= 0.3 is 0 Å². The van der Waals surface area contributed by atoms with Crippen molar-refractivity contribution in [1.82, 2.24) is 15.1 Å². The molecule has 6 nitrogen and oxygen atoms in total. The van der Waals surface area contributed by atoms with E-state index in [4.69, 9.17) is 4.74 Å². The van der Waals surface area contributed by atoms with Crippen molar-refractivity contribution < 1.29 is 14.3 Å². The lowest BCUT2D eigenvalue weighted by molar-refractivity contribution is -0.138. The fraction of sp³-hybridized carbons (Fsp3) is 0.667. The van der Waals surface area contributed by atoms with Crippen LogP contribution in [0.15, 0.2) is 24.3 Å². The van der Waals surface area contributed by atoms with E-state index in [0.29, 0.717) is 12.3 Å². The Labute approximate surface area is 179 Å². The van der Waals surface area contributed by atoms with Crippen molar-refractivity contribution >= 4 is 11.8 Å². The van der Waals surface area contributed by atoms with Crippen molar-refractivity contribution in [2.75, 3.05) is 46.4 Å². The van der Waals surface area contributed by atoms with Crippen molar-refractivity contribution in [3.8, 4) is 5.75 Å². The van der Waals surface area contributed by atoms with Crippen molar-refractivity contribution in [3.05, 3.63) is 29.8 Å². The standard InChI is InChI=1S/C24H35N3O3/c1-18(2)15-26-16-23(24(17-26)8-11-25-22(24)29)9-12-27(13-10-23)21(28)14-19-4-6-20(30-3)7-5-19/h4-7,18H,8-17H2,1-3H3,(H,25,29). The van der Waals surface area contributed by atoms with E-state index >= 15 is 0 Å². The number of hydrogen-bond donors (Lipinski definition) is 1. The van der Waals surface area contributed by atoms with E-state index in [1.165, 1.54) is 0 Å². The van der Waals surface area contributed by atoms with Crippen molar-refractivity contribution in [1.29, 1.82) is 0 Å². The van der Waals surface area contributed by atoms with Gasteiger partial charge in [-0.25, -0.2) is 0 Å². The van der Waals surface area contributed by atoms with Gasteiger partial charge in [0.25, 0.3) is 0 Å². The highest BCUT2D eigenvalue weighted by atomic mass is 16.5. The number of ether oxygens (including phenoxy) is 1. The Morgan fingerprint density at radius 1 is 1.13 bits per heavy atom. The summed E-state index contributed by atoms with van der Waals surface area (Å²) in [5.41, 5.74) is 0.739. The van der Waals surface area contributed by atoms with Gasteiger partial charge < -0.3 is 19.9 Å². The number of nitrogens with one attached hydrogen (secondary N) is 1. The number of amides is 2. The Morgan fingerprint density at radius 3 is 2.40 bits per heavy atom. The lowest BCUT2D eigenvalue weighted by atomic mass is 9.60. The van der Waals surface area contributed by atoms with Crippen LogP contribution < -0.4 is 10.1 Å². The van der Waals surface area contributed by atoms with Crippen LogP contribution in [0.4, 0.5) is 0 Å². The van der Waals surface area contributed by atoms with Gasteiger partial charge in [-0.05, 0) is 42.9 Å². The van der Waals surface area contributed by atoms with Gasteiger partial charge in [0.05, 0.1) is 18.9 Å². The van der Waals surface area contributed by atoms with E-state index in [2.05, 4.69) is 24.1 Å². The number of nitrogens with zero attached hydrogens (tertiary/aromatic N) is 2. The van der Waals surface area contributed by atoms with Crippen LogP contribution in [0.1, 0.15) is 38.7 Å². The topological polar surface area (TPSA) is 61.9 Å². The Kier molecular flexibility index (Phi) is 5.80. The summed E-state index contributed by atoms with van der Waals surface area (Å²) >= 11 is 0. The van der Waals surface area contributed by atoms with Crippen molar-refractivity contribution in [2.45, 2.75) is 39.5 Å². The molecule has 1 unspecified atom stereocenters. The molecule has 3 aliphatic heterocycles. The molecule has 1 atom stereocenters. The molecule has 3 heterocycles. The minimum atomic E-state index is -0.271. The molecule has 3 fully saturated rings. The SMILES string of the molecule is COc1ccc(CC(=O)N2CCC3(CC2)CN(CC(C)C)CC32CCNC2=O)cc1. The molecule has 0 saturated carbocycles. The number of fused-ring (bicyclic) bond motifs is 1. The zero-order chi connectivity index (χ0) is 21.4. The minimum absolute atomic E-state index is 0.000629. The number of benzene rings is 1. The van der Waals surface area contributed by atoms with Gasteiger partial charge in [0, 0.05) is 44.7 Å². The molecule has 4 rings (SSSR count). The molecule has 1 aromatic carbocycles. The maximum absolute atomic E-state index is 13.0. The number of piperidine rings is 1. The van der Waals surface area contributed by atoms with Crippen molar-refractivity contribution in [2.24, 2.45) is 16.7 Å². The number of carbonyl (C=O) groups excluding carboxylic acids is 2. The van der Waals surface area contributed by atoms with Crippen LogP contribution >= 0.6 is 0 Å². The lowest BCUT2D eigenvalue weighted by Crippen LogP contribution is -2.53. The Balaban J connectivity index is 1.43. The summed E-state index contributed by atoms with van der Waals surface area (Å²) in [6, 6.07) is 7.72. The third-order valence-corrected chi connectivity index (χ3v) is 7.52. The highest BCUT2D eigenvalue weighted by Crippen LogP contribution is 2.56. The molecule has 2 amide bonds. The largest absolute Gasteiger partial charge is 0.497 e. The number of rotatable bonds is 5. The minimum Gasteiger partial charge on any atom is -0.497 e. The zero-order valence-corrected chi connectivity index (χ0v) is 18.6. The summed E-state index contributed by atoms with van der Waals surface area (Å²) in [6.45, 7) is 9.67. The van der Waals surface area contributed by atoms with E-state index in [9.17, 15) is 9.59 Å². The highest BCUT2D eigenvalue weighted by Gasteiger charge is 2.63. The molecular weight excluding hydrogens is 378 g/mol. The van der Waals surface area contributed by atoms with E-state index in [1.807, 2.05) is 29.2 Å². The highest BCUT2D eigenvalue weighted by molar-refractivity contribution is 5.86. The first-order valence-corrected chi connectivity index (χ1v) is 11.3. The van der Waals surface area contributed by atoms with Gasteiger partial charge in [0.2, 0.25) is 11.8 Å². The zero-order valence-electron chi connectivity index (χ0n) is 18.6. The monoisotopic (exact) mass is 413 g/mol. The molecule has 164 valence electrons. The van der Waals surface area contributed by atoms with Gasteiger partial charge in [-0.15, -0.1) is 0 Å². The number of hydrogen-bond acceptors (Lipinski definition) is 4. The summed E-state index contributed by atoms with van der Waals surface area (Å²) in [4.78, 5) is 30.4. The van der Waals surface area contributed by atoms with Crippen LogP contribution in [0.3, 0.4) is 0 Å². The smallest absolute Gasteiger partial charge is 0.228 e. The molecule has 6 heteroatoms. The maximum atomic E-state index is 13.0. The first-order chi connectivity index (χ1) is 14.4. The molecule has 1 aromatic rings. The summed E-state index contributed by atoms with van der Waals surface area (Å²) in [5.74, 6) is 1.81. The summed E-state index contributed by atoms with van der Waals surface area (Å²) in [7, 11) is 1.65. The predicted molar refractivity (Wildman–Crippen MR) is 116 cm³/mol. The quantitative estimate of drug-likeness (QED) is 0.805. The van der Waals surface area contributed by atoms with Gasteiger partial charge in [-0.2, -0.15) is 0 Å². The Morgan fingerprint density at radius 2 is 1.83 bits per heavy atom. The molecule has 0 aliphatic carbocycles. The third-order valence-electron chi connectivity index (χ3n) is 7.52. The van der Waals surface area contributed by atoms with Crippen LogP contribution in [-0.4, -0.2) is 68.0 Å². The van der Waals surface area contributed by atoms with Crippen molar-refractivity contribution in [3.63, 3.8) is 0 Å². The Hall–Kier alpha value is -2.08. The molecule has 30 heavy (non-hydrogen) atoms. The van der Waals surface area contributed by atoms with Crippen LogP contribution in [0, 0.1) is 16.7 Å². The van der Waals surface area contributed by atoms with E-state index in [-0.39, 0.29) is 22.6 Å². The maximum Gasteiger partial charge on any atom is 0.228 e. The molecule has 0 bridgehead atoms. The fourth-order valence-electron chi connectivity index (χ4n) is 6.01. The normalized spacial score (nSPS) is 26.0. The Bertz CT molecular complexity index is 783. The number of carbonyl (C=O) groups is 2. The second-order valence-corrected chi connectivity index (χ2v) is 9.84. The number of methoxy groups -OCH3 is 1. The average molecular weight is 414 g/mol. The second-order valence-electron chi connectivity index (χ2n) is 9.84. The molecule has 0 aromatic heterocycles. The summed E-state index contributed by atoms with van der Waals surface area (Å²) < 4.78 is 5.20. The molecule has 3 saturated heterocycles. The molecular formula is C24H35N3O3. The predicted octanol–water partition coefficient (Wildman–Crippen LogP) is 2.32. The van der Waals surface area contributed by atoms with Crippen LogP contribution in [0.2, 0.25) is 0 Å². The van der Waals surface area contributed by atoms with Gasteiger partial charge in [0.15, 0.2) is 0 Å². The molecule has 2 spiro atoms. The molecule has 3 aliphatic rings. The summed E-state index contributed by atoms with van der Waals surface area (Å²) in [5, 5.41) is 3.12. The second kappa shape index (κ2) is 8.22.